The fourth-order valence-electron chi connectivity index (χ4n) is 3.84. The lowest BCUT2D eigenvalue weighted by molar-refractivity contribution is -0.116. The maximum Gasteiger partial charge on any atom is 0.206 e. The van der Waals surface area contributed by atoms with Crippen LogP contribution in [0, 0.1) is 6.92 Å². The van der Waals surface area contributed by atoms with Crippen LogP contribution in [0.4, 0.5) is 0 Å². The summed E-state index contributed by atoms with van der Waals surface area (Å²) in [5.41, 5.74) is 1.18. The Kier molecular flexibility index (Phi) is 4.20. The van der Waals surface area contributed by atoms with Gasteiger partial charge >= 0.3 is 0 Å². The predicted octanol–water partition coefficient (Wildman–Crippen LogP) is 3.62. The highest BCUT2D eigenvalue weighted by Crippen LogP contribution is 2.40. The Hall–Kier alpha value is -3.18. The first-order chi connectivity index (χ1) is 13.3. The number of aliphatic hydroxyl groups is 1. The molecule has 0 aliphatic carbocycles. The number of carbonyl (C=O) groups excluding carboxylic acids is 2. The van der Waals surface area contributed by atoms with Crippen molar-refractivity contribution in [1.82, 2.24) is 4.40 Å². The third-order valence-corrected chi connectivity index (χ3v) is 5.33. The molecule has 0 saturated carbocycles. The molecule has 0 fully saturated rings. The molecule has 0 amide bonds. The topological polar surface area (TPSA) is 68.0 Å². The summed E-state index contributed by atoms with van der Waals surface area (Å²) in [6.45, 7) is 4.75. The van der Waals surface area contributed by atoms with E-state index < -0.39 is 11.7 Å². The van der Waals surface area contributed by atoms with Crippen LogP contribution in [-0.2, 0) is 4.79 Å². The summed E-state index contributed by atoms with van der Waals surface area (Å²) in [7, 11) is 0. The second-order valence-corrected chi connectivity index (χ2v) is 7.29. The number of hydrogen-bond acceptors (Lipinski definition) is 4. The molecule has 1 aliphatic rings. The Bertz CT molecular complexity index is 1120. The average Bonchev–Trinajstić information content (AvgIpc) is 2.87. The lowest BCUT2D eigenvalue weighted by Crippen LogP contribution is -2.50. The predicted molar refractivity (Wildman–Crippen MR) is 107 cm³/mol. The fourth-order valence-corrected chi connectivity index (χ4v) is 3.84. The normalized spacial score (nSPS) is 21.4. The first-order valence-electron chi connectivity index (χ1n) is 9.13. The molecule has 1 aliphatic heterocycles. The van der Waals surface area contributed by atoms with E-state index in [2.05, 4.69) is 0 Å². The van der Waals surface area contributed by atoms with Crippen molar-refractivity contribution in [3.05, 3.63) is 77.1 Å². The highest BCUT2D eigenvalue weighted by atomic mass is 16.5. The van der Waals surface area contributed by atoms with Crippen LogP contribution in [0.15, 0.2) is 60.3 Å². The van der Waals surface area contributed by atoms with E-state index >= 15 is 0 Å². The molecule has 3 aromatic rings. The molecule has 0 saturated heterocycles. The Morgan fingerprint density at radius 3 is 2.46 bits per heavy atom. The number of aryl methyl sites for hydroxylation is 1. The number of fused-ring (bicyclic) bond motifs is 3. The van der Waals surface area contributed by atoms with Crippen molar-refractivity contribution in [3.63, 3.8) is 0 Å². The summed E-state index contributed by atoms with van der Waals surface area (Å²) in [6.07, 6.45) is 2.25. The van der Waals surface area contributed by atoms with Crippen LogP contribution >= 0.6 is 0 Å². The van der Waals surface area contributed by atoms with Crippen LogP contribution in [0.1, 0.15) is 35.5 Å². The molecule has 0 unspecified atom stereocenters. The van der Waals surface area contributed by atoms with Crippen LogP contribution in [0.3, 0.4) is 0 Å². The van der Waals surface area contributed by atoms with Crippen molar-refractivity contribution >= 4 is 23.2 Å². The SMILES string of the molecule is CC(=O)C1=Cc2c(c(C)c3ccccn23)O[C@@H](C(=O)c2ccccc2)[C@@]1(C)O. The molecular formula is C23H21NO4. The first-order valence-corrected chi connectivity index (χ1v) is 9.13. The van der Waals surface area contributed by atoms with Crippen molar-refractivity contribution in [3.8, 4) is 5.75 Å². The molecule has 3 heterocycles. The number of benzene rings is 1. The van der Waals surface area contributed by atoms with Gasteiger partial charge in [-0.1, -0.05) is 36.4 Å². The molecule has 5 nitrogen and oxygen atoms in total. The second kappa shape index (κ2) is 6.46. The Morgan fingerprint density at radius 1 is 1.11 bits per heavy atom. The number of ether oxygens (including phenoxy) is 1. The van der Waals surface area contributed by atoms with Gasteiger partial charge in [0.1, 0.15) is 11.4 Å². The zero-order valence-electron chi connectivity index (χ0n) is 16.0. The third kappa shape index (κ3) is 2.67. The molecule has 5 heteroatoms. The molecule has 0 spiro atoms. The van der Waals surface area contributed by atoms with Crippen molar-refractivity contribution in [2.24, 2.45) is 0 Å². The zero-order chi connectivity index (χ0) is 20.1. The number of aromatic nitrogens is 1. The number of ketones is 2. The quantitative estimate of drug-likeness (QED) is 0.710. The monoisotopic (exact) mass is 375 g/mol. The van der Waals surface area contributed by atoms with Crippen molar-refractivity contribution in [2.75, 3.05) is 0 Å². The van der Waals surface area contributed by atoms with Gasteiger partial charge in [-0.05, 0) is 39.0 Å². The van der Waals surface area contributed by atoms with E-state index in [4.69, 9.17) is 4.74 Å². The van der Waals surface area contributed by atoms with Gasteiger partial charge in [0.2, 0.25) is 5.78 Å². The van der Waals surface area contributed by atoms with Gasteiger partial charge in [0.25, 0.3) is 0 Å². The number of hydrogen-bond donors (Lipinski definition) is 1. The van der Waals surface area contributed by atoms with E-state index in [9.17, 15) is 14.7 Å². The van der Waals surface area contributed by atoms with Gasteiger partial charge in [-0.25, -0.2) is 0 Å². The van der Waals surface area contributed by atoms with E-state index in [0.29, 0.717) is 17.0 Å². The van der Waals surface area contributed by atoms with E-state index in [1.54, 1.807) is 30.3 Å². The van der Waals surface area contributed by atoms with Crippen molar-refractivity contribution in [2.45, 2.75) is 32.5 Å². The van der Waals surface area contributed by atoms with Gasteiger partial charge < -0.3 is 14.2 Å². The molecule has 142 valence electrons. The molecule has 1 aromatic carbocycles. The van der Waals surface area contributed by atoms with Crippen molar-refractivity contribution in [1.29, 1.82) is 0 Å². The average molecular weight is 375 g/mol. The molecule has 0 radical (unpaired) electrons. The van der Waals surface area contributed by atoms with Crippen LogP contribution in [0.25, 0.3) is 11.6 Å². The van der Waals surface area contributed by atoms with E-state index in [1.165, 1.54) is 13.8 Å². The Balaban J connectivity index is 1.97. The van der Waals surface area contributed by atoms with E-state index in [1.807, 2.05) is 41.8 Å². The smallest absolute Gasteiger partial charge is 0.206 e. The largest absolute Gasteiger partial charge is 0.476 e. The molecule has 4 rings (SSSR count). The van der Waals surface area contributed by atoms with Crippen molar-refractivity contribution < 1.29 is 19.4 Å². The number of nitrogens with zero attached hydrogens (tertiary/aromatic N) is 1. The standard InChI is InChI=1S/C23H21NO4/c1-14-18-11-7-8-12-24(18)19-13-17(15(2)25)23(3,27)22(28-21(14)19)20(26)16-9-5-4-6-10-16/h4-13,22,27H,1-3H3/t22-,23-/m0/s1. The van der Waals surface area contributed by atoms with Gasteiger partial charge in [-0.15, -0.1) is 0 Å². The lowest BCUT2D eigenvalue weighted by atomic mass is 9.83. The van der Waals surface area contributed by atoms with Gasteiger partial charge in [0.05, 0.1) is 11.2 Å². The van der Waals surface area contributed by atoms with E-state index in [-0.39, 0.29) is 17.1 Å². The Labute approximate surface area is 162 Å². The molecule has 28 heavy (non-hydrogen) atoms. The number of Topliss-reactive ketones (excluding diaryl/α,β-unsaturated/α-hetero) is 2. The minimum absolute atomic E-state index is 0.142. The van der Waals surface area contributed by atoms with Gasteiger partial charge in [0.15, 0.2) is 11.9 Å². The molecule has 0 bridgehead atoms. The zero-order valence-corrected chi connectivity index (χ0v) is 16.0. The lowest BCUT2D eigenvalue weighted by Gasteiger charge is -2.31. The fraction of sp³-hybridized carbons (Fsp3) is 0.217. The van der Waals surface area contributed by atoms with Crippen LogP contribution < -0.4 is 4.74 Å². The van der Waals surface area contributed by atoms with Crippen LogP contribution in [0.2, 0.25) is 0 Å². The van der Waals surface area contributed by atoms with E-state index in [0.717, 1.165) is 11.1 Å². The first kappa shape index (κ1) is 18.2. The summed E-state index contributed by atoms with van der Waals surface area (Å²) in [5.74, 6) is -0.187. The van der Waals surface area contributed by atoms with Gasteiger partial charge in [-0.3, -0.25) is 9.59 Å². The number of rotatable bonds is 3. The highest BCUT2D eigenvalue weighted by Gasteiger charge is 2.47. The summed E-state index contributed by atoms with van der Waals surface area (Å²) in [5, 5.41) is 11.3. The molecular weight excluding hydrogens is 354 g/mol. The maximum atomic E-state index is 13.2. The summed E-state index contributed by atoms with van der Waals surface area (Å²) in [6, 6.07) is 14.4. The minimum Gasteiger partial charge on any atom is -0.476 e. The molecule has 1 N–H and O–H groups in total. The second-order valence-electron chi connectivity index (χ2n) is 7.29. The number of carbonyl (C=O) groups is 2. The Morgan fingerprint density at radius 2 is 1.79 bits per heavy atom. The summed E-state index contributed by atoms with van der Waals surface area (Å²) in [4.78, 5) is 25.7. The highest BCUT2D eigenvalue weighted by molar-refractivity contribution is 6.06. The maximum absolute atomic E-state index is 13.2. The molecule has 2 atom stereocenters. The van der Waals surface area contributed by atoms with Crippen LogP contribution in [0.5, 0.6) is 5.75 Å². The minimum atomic E-state index is -1.78. The van der Waals surface area contributed by atoms with Gasteiger partial charge in [0, 0.05) is 22.9 Å². The molecule has 2 aromatic heterocycles. The number of pyridine rings is 1. The van der Waals surface area contributed by atoms with Crippen LogP contribution in [-0.4, -0.2) is 32.8 Å². The summed E-state index contributed by atoms with van der Waals surface area (Å²) < 4.78 is 8.06. The summed E-state index contributed by atoms with van der Waals surface area (Å²) >= 11 is 0. The van der Waals surface area contributed by atoms with Gasteiger partial charge in [-0.2, -0.15) is 0 Å². The third-order valence-electron chi connectivity index (χ3n) is 5.33.